The van der Waals surface area contributed by atoms with Gasteiger partial charge in [-0.25, -0.2) is 26.9 Å². The van der Waals surface area contributed by atoms with Crippen molar-refractivity contribution in [2.45, 2.75) is 18.6 Å². The topological polar surface area (TPSA) is 119 Å². The van der Waals surface area contributed by atoms with Crippen molar-refractivity contribution in [3.05, 3.63) is 61.1 Å². The van der Waals surface area contributed by atoms with E-state index < -0.39 is 43.9 Å². The first-order valence-corrected chi connectivity index (χ1v) is 10.5. The third-order valence-electron chi connectivity index (χ3n) is 4.77. The van der Waals surface area contributed by atoms with Crippen molar-refractivity contribution in [1.82, 2.24) is 19.2 Å². The SMILES string of the molecule is Cc1cc(=O)n(-c2cc(C(=O)NS(=O)(=O)C3CCNC3)c(Cl)cc2F)c(=O)n1C.Cl. The van der Waals surface area contributed by atoms with E-state index in [1.165, 1.54) is 14.0 Å². The van der Waals surface area contributed by atoms with Gasteiger partial charge in [0.05, 0.1) is 21.5 Å². The molecule has 0 aliphatic carbocycles. The fourth-order valence-corrected chi connectivity index (χ4v) is 4.54. The van der Waals surface area contributed by atoms with Gasteiger partial charge in [-0.05, 0) is 32.0 Å². The monoisotopic (exact) mass is 480 g/mol. The third-order valence-corrected chi connectivity index (χ3v) is 6.83. The molecule has 1 fully saturated rings. The molecule has 1 saturated heterocycles. The molecule has 9 nitrogen and oxygen atoms in total. The molecule has 13 heteroatoms. The quantitative estimate of drug-likeness (QED) is 0.656. The molecule has 164 valence electrons. The first-order valence-electron chi connectivity index (χ1n) is 8.58. The maximum absolute atomic E-state index is 14.5. The number of carbonyl (C=O) groups is 1. The Labute approximate surface area is 182 Å². The van der Waals surface area contributed by atoms with Gasteiger partial charge in [0.25, 0.3) is 11.5 Å². The van der Waals surface area contributed by atoms with Gasteiger partial charge in [-0.3, -0.25) is 9.59 Å². The summed E-state index contributed by atoms with van der Waals surface area (Å²) >= 11 is 5.93. The minimum Gasteiger partial charge on any atom is -0.315 e. The average Bonchev–Trinajstić information content (AvgIpc) is 3.16. The first-order chi connectivity index (χ1) is 13.5. The fourth-order valence-electron chi connectivity index (χ4n) is 3.00. The van der Waals surface area contributed by atoms with E-state index in [-0.39, 0.29) is 29.5 Å². The van der Waals surface area contributed by atoms with Crippen LogP contribution < -0.4 is 21.3 Å². The predicted octanol–water partition coefficient (Wildman–Crippen LogP) is 0.480. The van der Waals surface area contributed by atoms with Crippen LogP contribution in [0.15, 0.2) is 27.8 Å². The lowest BCUT2D eigenvalue weighted by molar-refractivity contribution is 0.0981. The number of hydrogen-bond donors (Lipinski definition) is 2. The number of aromatic nitrogens is 2. The summed E-state index contributed by atoms with van der Waals surface area (Å²) in [7, 11) is -2.59. The van der Waals surface area contributed by atoms with E-state index in [1.54, 1.807) is 0 Å². The Kier molecular flexibility index (Phi) is 7.12. The fraction of sp³-hybridized carbons (Fsp3) is 0.353. The van der Waals surface area contributed by atoms with Crippen LogP contribution in [0.25, 0.3) is 5.69 Å². The highest BCUT2D eigenvalue weighted by atomic mass is 35.5. The summed E-state index contributed by atoms with van der Waals surface area (Å²) < 4.78 is 42.8. The molecule has 1 atom stereocenters. The van der Waals surface area contributed by atoms with Gasteiger partial charge in [-0.1, -0.05) is 11.6 Å². The number of hydrogen-bond acceptors (Lipinski definition) is 6. The van der Waals surface area contributed by atoms with E-state index in [9.17, 15) is 27.2 Å². The molecule has 0 saturated carbocycles. The zero-order chi connectivity index (χ0) is 21.5. The van der Waals surface area contributed by atoms with Gasteiger partial charge >= 0.3 is 5.69 Å². The highest BCUT2D eigenvalue weighted by Crippen LogP contribution is 2.23. The second-order valence-electron chi connectivity index (χ2n) is 6.68. The summed E-state index contributed by atoms with van der Waals surface area (Å²) in [4.78, 5) is 37.3. The molecule has 1 aliphatic heterocycles. The second kappa shape index (κ2) is 8.88. The summed E-state index contributed by atoms with van der Waals surface area (Å²) in [6.07, 6.45) is 0.333. The number of aryl methyl sites for hydroxylation is 1. The second-order valence-corrected chi connectivity index (χ2v) is 9.04. The van der Waals surface area contributed by atoms with Crippen molar-refractivity contribution in [2.24, 2.45) is 7.05 Å². The van der Waals surface area contributed by atoms with E-state index >= 15 is 0 Å². The van der Waals surface area contributed by atoms with Crippen LogP contribution in [0, 0.1) is 12.7 Å². The number of nitrogens with zero attached hydrogens (tertiary/aromatic N) is 2. The van der Waals surface area contributed by atoms with Crippen LogP contribution in [0.1, 0.15) is 22.5 Å². The van der Waals surface area contributed by atoms with Crippen LogP contribution in [-0.4, -0.2) is 41.8 Å². The van der Waals surface area contributed by atoms with Crippen molar-refractivity contribution in [2.75, 3.05) is 13.1 Å². The van der Waals surface area contributed by atoms with Crippen molar-refractivity contribution in [3.8, 4) is 5.69 Å². The van der Waals surface area contributed by atoms with Crippen LogP contribution in [-0.2, 0) is 17.1 Å². The Hall–Kier alpha value is -2.21. The highest BCUT2D eigenvalue weighted by Gasteiger charge is 2.31. The molecule has 0 radical (unpaired) electrons. The van der Waals surface area contributed by atoms with Crippen molar-refractivity contribution in [1.29, 1.82) is 0 Å². The number of benzene rings is 1. The van der Waals surface area contributed by atoms with E-state index in [2.05, 4.69) is 5.32 Å². The third kappa shape index (κ3) is 4.43. The van der Waals surface area contributed by atoms with Crippen LogP contribution >= 0.6 is 24.0 Å². The van der Waals surface area contributed by atoms with E-state index in [4.69, 9.17) is 11.6 Å². The number of rotatable bonds is 4. The Morgan fingerprint density at radius 1 is 1.30 bits per heavy atom. The van der Waals surface area contributed by atoms with E-state index in [1.807, 2.05) is 4.72 Å². The molecular weight excluding hydrogens is 462 g/mol. The summed E-state index contributed by atoms with van der Waals surface area (Å²) in [5.41, 5.74) is -2.16. The largest absolute Gasteiger partial charge is 0.335 e. The van der Waals surface area contributed by atoms with Crippen LogP contribution in [0.5, 0.6) is 0 Å². The molecule has 1 aromatic heterocycles. The predicted molar refractivity (Wildman–Crippen MR) is 112 cm³/mol. The molecule has 0 spiro atoms. The van der Waals surface area contributed by atoms with Gasteiger partial charge in [0.1, 0.15) is 5.82 Å². The lowest BCUT2D eigenvalue weighted by Crippen LogP contribution is -2.40. The normalized spacial score (nSPS) is 16.2. The minimum absolute atomic E-state index is 0. The average molecular weight is 481 g/mol. The molecule has 30 heavy (non-hydrogen) atoms. The first kappa shape index (κ1) is 24.1. The Bertz CT molecular complexity index is 1220. The lowest BCUT2D eigenvalue weighted by Gasteiger charge is -2.14. The molecule has 1 unspecified atom stereocenters. The maximum atomic E-state index is 14.5. The number of sulfonamides is 1. The van der Waals surface area contributed by atoms with Gasteiger partial charge in [0, 0.05) is 25.4 Å². The molecule has 2 aromatic rings. The number of carbonyl (C=O) groups excluding carboxylic acids is 1. The number of halogens is 3. The van der Waals surface area contributed by atoms with Gasteiger partial charge < -0.3 is 9.88 Å². The van der Waals surface area contributed by atoms with Gasteiger partial charge in [0.15, 0.2) is 0 Å². The van der Waals surface area contributed by atoms with Gasteiger partial charge in [-0.15, -0.1) is 12.4 Å². The molecule has 2 N–H and O–H groups in total. The molecule has 1 aromatic carbocycles. The van der Waals surface area contributed by atoms with Crippen LogP contribution in [0.2, 0.25) is 5.02 Å². The summed E-state index contributed by atoms with van der Waals surface area (Å²) in [6.45, 7) is 2.23. The zero-order valence-electron chi connectivity index (χ0n) is 15.9. The summed E-state index contributed by atoms with van der Waals surface area (Å²) in [5.74, 6) is -2.10. The van der Waals surface area contributed by atoms with Gasteiger partial charge in [0.2, 0.25) is 10.0 Å². The van der Waals surface area contributed by atoms with E-state index in [0.717, 1.165) is 22.8 Å². The molecule has 3 rings (SSSR count). The molecule has 0 bridgehead atoms. The molecule has 1 aliphatic rings. The number of nitrogens with one attached hydrogen (secondary N) is 2. The standard InChI is InChI=1S/C17H18ClFN4O5S.ClH/c1-9-5-15(24)23(17(26)22(9)2)14-6-11(12(18)7-13(14)19)16(25)21-29(27,28)10-3-4-20-8-10;/h5-7,10,20H,3-4,8H2,1-2H3,(H,21,25);1H. The van der Waals surface area contributed by atoms with Crippen molar-refractivity contribution < 1.29 is 17.6 Å². The molecule has 1 amide bonds. The Morgan fingerprint density at radius 2 is 1.97 bits per heavy atom. The Morgan fingerprint density at radius 3 is 2.57 bits per heavy atom. The van der Waals surface area contributed by atoms with Crippen LogP contribution in [0.4, 0.5) is 4.39 Å². The number of amides is 1. The lowest BCUT2D eigenvalue weighted by atomic mass is 10.1. The minimum atomic E-state index is -3.99. The smallest absolute Gasteiger partial charge is 0.315 e. The molecule has 2 heterocycles. The Balaban J connectivity index is 0.00000320. The molecular formula is C17H19Cl2FN4O5S. The maximum Gasteiger partial charge on any atom is 0.335 e. The summed E-state index contributed by atoms with van der Waals surface area (Å²) in [6, 6.07) is 2.77. The van der Waals surface area contributed by atoms with E-state index in [0.29, 0.717) is 23.2 Å². The zero-order valence-corrected chi connectivity index (χ0v) is 18.3. The summed E-state index contributed by atoms with van der Waals surface area (Å²) in [5, 5.41) is 1.73. The van der Waals surface area contributed by atoms with Crippen molar-refractivity contribution >= 4 is 39.9 Å². The van der Waals surface area contributed by atoms with Crippen LogP contribution in [0.3, 0.4) is 0 Å². The van der Waals surface area contributed by atoms with Crippen molar-refractivity contribution in [3.63, 3.8) is 0 Å². The van der Waals surface area contributed by atoms with Gasteiger partial charge in [-0.2, -0.15) is 0 Å². The highest BCUT2D eigenvalue weighted by molar-refractivity contribution is 7.90.